The van der Waals surface area contributed by atoms with Crippen molar-refractivity contribution in [3.63, 3.8) is 0 Å². The highest BCUT2D eigenvalue weighted by molar-refractivity contribution is 7.89. The number of phenolic OH excluding ortho intramolecular Hbond substituents is 1. The number of nitrogens with zero attached hydrogens (tertiary/aromatic N) is 1. The number of phenols is 1. The molecule has 0 aromatic heterocycles. The van der Waals surface area contributed by atoms with Crippen LogP contribution in [0.2, 0.25) is 0 Å². The molecule has 2 N–H and O–H groups in total. The maximum absolute atomic E-state index is 12.4. The summed E-state index contributed by atoms with van der Waals surface area (Å²) < 4.78 is 24.8. The predicted molar refractivity (Wildman–Crippen MR) is 99.4 cm³/mol. The number of sulfonamides is 1. The van der Waals surface area contributed by atoms with E-state index in [1.807, 2.05) is 31.2 Å². The van der Waals surface area contributed by atoms with E-state index in [-0.39, 0.29) is 10.6 Å². The Kier molecular flexibility index (Phi) is 4.46. The Morgan fingerprint density at radius 2 is 1.80 bits per heavy atom. The minimum absolute atomic E-state index is 0.0353. The Balaban J connectivity index is 1.92. The topological polar surface area (TPSA) is 78.8 Å². The summed E-state index contributed by atoms with van der Waals surface area (Å²) in [5, 5.41) is 15.6. The average molecular weight is 354 g/mol. The number of hydrogen-bond acceptors (Lipinski definition) is 4. The van der Waals surface area contributed by atoms with Crippen LogP contribution in [0.5, 0.6) is 5.75 Å². The molecule has 0 amide bonds. The summed E-state index contributed by atoms with van der Waals surface area (Å²) in [6, 6.07) is 15.9. The maximum atomic E-state index is 12.4. The summed E-state index contributed by atoms with van der Waals surface area (Å²) in [5.74, 6) is 0.0353. The van der Waals surface area contributed by atoms with Crippen molar-refractivity contribution in [2.75, 3.05) is 0 Å². The van der Waals surface area contributed by atoms with Gasteiger partial charge in [0, 0.05) is 5.56 Å². The summed E-state index contributed by atoms with van der Waals surface area (Å²) in [6.07, 6.45) is 1.32. The fourth-order valence-corrected chi connectivity index (χ4v) is 3.75. The third-order valence-corrected chi connectivity index (χ3v) is 5.32. The van der Waals surface area contributed by atoms with Gasteiger partial charge in [-0.3, -0.25) is 0 Å². The molecular formula is C19H18N2O3S. The van der Waals surface area contributed by atoms with Crippen LogP contribution in [-0.2, 0) is 10.0 Å². The second-order valence-electron chi connectivity index (χ2n) is 5.84. The molecule has 0 aliphatic carbocycles. The summed E-state index contributed by atoms with van der Waals surface area (Å²) >= 11 is 0. The van der Waals surface area contributed by atoms with Gasteiger partial charge < -0.3 is 5.11 Å². The van der Waals surface area contributed by atoms with Gasteiger partial charge in [-0.05, 0) is 42.3 Å². The SMILES string of the molecule is Cc1ccc(S(=O)(=O)NN=Cc2c(O)ccc3ccccc23)c(C)c1. The van der Waals surface area contributed by atoms with Crippen molar-refractivity contribution < 1.29 is 13.5 Å². The lowest BCUT2D eigenvalue weighted by atomic mass is 10.0. The highest BCUT2D eigenvalue weighted by Gasteiger charge is 2.15. The lowest BCUT2D eigenvalue weighted by Gasteiger charge is -2.08. The Bertz CT molecular complexity index is 1070. The van der Waals surface area contributed by atoms with Crippen molar-refractivity contribution in [1.82, 2.24) is 4.83 Å². The smallest absolute Gasteiger partial charge is 0.276 e. The van der Waals surface area contributed by atoms with E-state index in [9.17, 15) is 13.5 Å². The molecule has 0 saturated heterocycles. The average Bonchev–Trinajstić information content (AvgIpc) is 2.56. The zero-order valence-corrected chi connectivity index (χ0v) is 14.7. The number of rotatable bonds is 4. The van der Waals surface area contributed by atoms with Gasteiger partial charge in [-0.25, -0.2) is 4.83 Å². The van der Waals surface area contributed by atoms with E-state index in [2.05, 4.69) is 9.93 Å². The Hall–Kier alpha value is -2.86. The van der Waals surface area contributed by atoms with E-state index in [1.165, 1.54) is 6.21 Å². The molecule has 0 heterocycles. The van der Waals surface area contributed by atoms with Gasteiger partial charge in [0.15, 0.2) is 0 Å². The molecule has 6 heteroatoms. The molecule has 0 bridgehead atoms. The largest absolute Gasteiger partial charge is 0.507 e. The standard InChI is InChI=1S/C19H18N2O3S/c1-13-7-10-19(14(2)11-13)25(23,24)21-20-12-17-16-6-4-3-5-15(16)8-9-18(17)22/h3-12,21-22H,1-2H3. The van der Waals surface area contributed by atoms with Crippen LogP contribution in [0.4, 0.5) is 0 Å². The molecule has 0 spiro atoms. The molecular weight excluding hydrogens is 336 g/mol. The normalized spacial score (nSPS) is 11.9. The van der Waals surface area contributed by atoms with Gasteiger partial charge in [0.05, 0.1) is 11.1 Å². The third kappa shape index (κ3) is 3.49. The first-order valence-electron chi connectivity index (χ1n) is 7.71. The van der Waals surface area contributed by atoms with Crippen LogP contribution in [-0.4, -0.2) is 19.7 Å². The first-order chi connectivity index (χ1) is 11.9. The van der Waals surface area contributed by atoms with Crippen LogP contribution in [0, 0.1) is 13.8 Å². The van der Waals surface area contributed by atoms with Crippen LogP contribution in [0.3, 0.4) is 0 Å². The molecule has 0 saturated carbocycles. The lowest BCUT2D eigenvalue weighted by Crippen LogP contribution is -2.19. The number of hydrogen-bond donors (Lipinski definition) is 2. The fourth-order valence-electron chi connectivity index (χ4n) is 2.73. The Morgan fingerprint density at radius 3 is 2.56 bits per heavy atom. The quantitative estimate of drug-likeness (QED) is 0.556. The molecule has 0 aliphatic rings. The second-order valence-corrected chi connectivity index (χ2v) is 7.47. The number of hydrazone groups is 1. The van der Waals surface area contributed by atoms with Gasteiger partial charge in [-0.1, -0.05) is 48.0 Å². The highest BCUT2D eigenvalue weighted by atomic mass is 32.2. The van der Waals surface area contributed by atoms with E-state index in [4.69, 9.17) is 0 Å². The Morgan fingerprint density at radius 1 is 1.04 bits per heavy atom. The van der Waals surface area contributed by atoms with Gasteiger partial charge in [0.25, 0.3) is 10.0 Å². The van der Waals surface area contributed by atoms with Gasteiger partial charge in [0.1, 0.15) is 5.75 Å². The monoisotopic (exact) mass is 354 g/mol. The van der Waals surface area contributed by atoms with Crippen molar-refractivity contribution in [2.24, 2.45) is 5.10 Å². The van der Waals surface area contributed by atoms with Gasteiger partial charge in [-0.2, -0.15) is 13.5 Å². The van der Waals surface area contributed by atoms with Crippen molar-refractivity contribution in [1.29, 1.82) is 0 Å². The fraction of sp³-hybridized carbons (Fsp3) is 0.105. The number of aryl methyl sites for hydroxylation is 2. The van der Waals surface area contributed by atoms with Crippen LogP contribution in [0.1, 0.15) is 16.7 Å². The Labute approximate surface area is 146 Å². The van der Waals surface area contributed by atoms with Crippen LogP contribution >= 0.6 is 0 Å². The molecule has 0 fully saturated rings. The van der Waals surface area contributed by atoms with Crippen LogP contribution < -0.4 is 4.83 Å². The highest BCUT2D eigenvalue weighted by Crippen LogP contribution is 2.25. The van der Waals surface area contributed by atoms with Crippen molar-refractivity contribution in [3.8, 4) is 5.75 Å². The van der Waals surface area contributed by atoms with E-state index >= 15 is 0 Å². The number of aromatic hydroxyl groups is 1. The van der Waals surface area contributed by atoms with Crippen LogP contribution in [0.25, 0.3) is 10.8 Å². The van der Waals surface area contributed by atoms with Crippen molar-refractivity contribution in [3.05, 3.63) is 71.3 Å². The predicted octanol–water partition coefficient (Wildman–Crippen LogP) is 3.47. The first-order valence-corrected chi connectivity index (χ1v) is 9.19. The maximum Gasteiger partial charge on any atom is 0.276 e. The van der Waals surface area contributed by atoms with Crippen molar-refractivity contribution >= 4 is 27.0 Å². The van der Waals surface area contributed by atoms with E-state index in [1.54, 1.807) is 37.3 Å². The molecule has 0 unspecified atom stereocenters. The van der Waals surface area contributed by atoms with Gasteiger partial charge >= 0.3 is 0 Å². The lowest BCUT2D eigenvalue weighted by molar-refractivity contribution is 0.475. The molecule has 25 heavy (non-hydrogen) atoms. The summed E-state index contributed by atoms with van der Waals surface area (Å²) in [6.45, 7) is 3.64. The molecule has 128 valence electrons. The minimum Gasteiger partial charge on any atom is -0.507 e. The van der Waals surface area contributed by atoms with Gasteiger partial charge in [0.2, 0.25) is 0 Å². The van der Waals surface area contributed by atoms with Crippen molar-refractivity contribution in [2.45, 2.75) is 18.7 Å². The molecule has 0 radical (unpaired) electrons. The number of nitrogens with one attached hydrogen (secondary N) is 1. The van der Waals surface area contributed by atoms with E-state index in [0.717, 1.165) is 16.3 Å². The minimum atomic E-state index is -3.77. The van der Waals surface area contributed by atoms with Gasteiger partial charge in [-0.15, -0.1) is 0 Å². The molecule has 3 aromatic carbocycles. The molecule has 0 atom stereocenters. The molecule has 5 nitrogen and oxygen atoms in total. The van der Waals surface area contributed by atoms with Crippen LogP contribution in [0.15, 0.2) is 64.6 Å². The summed E-state index contributed by atoms with van der Waals surface area (Å²) in [7, 11) is -3.77. The van der Waals surface area contributed by atoms with E-state index in [0.29, 0.717) is 11.1 Å². The second kappa shape index (κ2) is 6.57. The summed E-state index contributed by atoms with van der Waals surface area (Å²) in [5.41, 5.74) is 2.10. The zero-order valence-electron chi connectivity index (χ0n) is 13.9. The first kappa shape index (κ1) is 17.0. The third-order valence-electron chi connectivity index (χ3n) is 3.93. The molecule has 0 aliphatic heterocycles. The number of fused-ring (bicyclic) bond motifs is 1. The van der Waals surface area contributed by atoms with E-state index < -0.39 is 10.0 Å². The summed E-state index contributed by atoms with van der Waals surface area (Å²) in [4.78, 5) is 2.38. The molecule has 3 aromatic rings. The zero-order chi connectivity index (χ0) is 18.0. The molecule has 3 rings (SSSR count). The number of benzene rings is 3.